The molecule has 0 bridgehead atoms. The molecule has 2 aromatic rings. The molecule has 26 heavy (non-hydrogen) atoms. The number of amides is 1. The Hall–Kier alpha value is -2.29. The molecule has 0 unspecified atom stereocenters. The summed E-state index contributed by atoms with van der Waals surface area (Å²) in [5.74, 6) is 0.0109. The number of unbranched alkanes of at least 4 members (excludes halogenated alkanes) is 4. The monoisotopic (exact) mass is 350 g/mol. The Labute approximate surface area is 156 Å². The highest BCUT2D eigenvalue weighted by atomic mass is 16.2. The predicted molar refractivity (Wildman–Crippen MR) is 109 cm³/mol. The molecule has 0 atom stereocenters. The highest BCUT2D eigenvalue weighted by molar-refractivity contribution is 5.95. The second kappa shape index (κ2) is 7.94. The largest absolute Gasteiger partial charge is 0.302 e. The molecule has 1 saturated heterocycles. The summed E-state index contributed by atoms with van der Waals surface area (Å²) in [5.41, 5.74) is 8.73. The first-order chi connectivity index (χ1) is 12.5. The number of hydrogen-bond acceptors (Lipinski definition) is 2. The molecule has 0 saturated carbocycles. The van der Waals surface area contributed by atoms with E-state index in [2.05, 4.69) is 60.2 Å². The summed E-state index contributed by atoms with van der Waals surface area (Å²) in [4.78, 5) is 12.0. The Kier molecular flexibility index (Phi) is 5.65. The molecule has 3 rings (SSSR count). The van der Waals surface area contributed by atoms with Gasteiger partial charge in [0.15, 0.2) is 0 Å². The van der Waals surface area contributed by atoms with Gasteiger partial charge in [-0.15, -0.1) is 0 Å². The van der Waals surface area contributed by atoms with Gasteiger partial charge in [-0.3, -0.25) is 10.2 Å². The summed E-state index contributed by atoms with van der Waals surface area (Å²) in [6.07, 6.45) is 9.74. The molecule has 138 valence electrons. The molecule has 0 aromatic heterocycles. The normalized spacial score (nSPS) is 17.5. The number of hydrogen-bond donors (Lipinski definition) is 2. The topological polar surface area (TPSA) is 41.1 Å². The molecular formula is C23H30N2O. The number of rotatable bonds is 7. The summed E-state index contributed by atoms with van der Waals surface area (Å²) in [6.45, 7) is 6.15. The molecule has 1 aliphatic rings. The number of hydrazine groups is 1. The molecular weight excluding hydrogens is 320 g/mol. The van der Waals surface area contributed by atoms with Crippen molar-refractivity contribution in [3.63, 3.8) is 0 Å². The van der Waals surface area contributed by atoms with Crippen LogP contribution in [-0.2, 0) is 11.2 Å². The summed E-state index contributed by atoms with van der Waals surface area (Å²) < 4.78 is 0. The minimum Gasteiger partial charge on any atom is -0.302 e. The van der Waals surface area contributed by atoms with E-state index in [0.29, 0.717) is 0 Å². The zero-order chi connectivity index (χ0) is 18.6. The van der Waals surface area contributed by atoms with Gasteiger partial charge in [0.25, 0.3) is 0 Å². The molecule has 1 aliphatic heterocycles. The Morgan fingerprint density at radius 2 is 1.65 bits per heavy atom. The van der Waals surface area contributed by atoms with Gasteiger partial charge in [0.05, 0.1) is 5.41 Å². The van der Waals surface area contributed by atoms with Gasteiger partial charge in [-0.05, 0) is 54.7 Å². The summed E-state index contributed by atoms with van der Waals surface area (Å²) in [7, 11) is 0. The fourth-order valence-electron chi connectivity index (χ4n) is 3.58. The Morgan fingerprint density at radius 1 is 0.923 bits per heavy atom. The molecule has 2 N–H and O–H groups in total. The third kappa shape index (κ3) is 3.77. The SMILES string of the molecule is CCCCCCCc1ccc(/C=C2\NNC(=O)C2(C)C)c2ccccc12. The fraction of sp³-hybridized carbons (Fsp3) is 0.435. The quantitative estimate of drug-likeness (QED) is 0.661. The highest BCUT2D eigenvalue weighted by Crippen LogP contribution is 2.32. The van der Waals surface area contributed by atoms with Crippen LogP contribution in [0, 0.1) is 5.41 Å². The molecule has 3 heteroatoms. The van der Waals surface area contributed by atoms with Crippen LogP contribution in [0.1, 0.15) is 64.0 Å². The lowest BCUT2D eigenvalue weighted by molar-refractivity contribution is -0.125. The molecule has 2 aromatic carbocycles. The smallest absolute Gasteiger partial charge is 0.249 e. The van der Waals surface area contributed by atoms with E-state index >= 15 is 0 Å². The molecule has 0 spiro atoms. The number of nitrogens with one attached hydrogen (secondary N) is 2. The second-order valence-corrected chi connectivity index (χ2v) is 7.79. The number of carbonyl (C=O) groups excluding carboxylic acids is 1. The van der Waals surface area contributed by atoms with E-state index in [4.69, 9.17) is 0 Å². The van der Waals surface area contributed by atoms with E-state index in [1.165, 1.54) is 48.4 Å². The van der Waals surface area contributed by atoms with Gasteiger partial charge in [-0.1, -0.05) is 69.0 Å². The maximum Gasteiger partial charge on any atom is 0.249 e. The number of aryl methyl sites for hydroxylation is 1. The summed E-state index contributed by atoms with van der Waals surface area (Å²) in [6, 6.07) is 13.0. The van der Waals surface area contributed by atoms with Crippen LogP contribution in [0.25, 0.3) is 16.8 Å². The van der Waals surface area contributed by atoms with Crippen LogP contribution in [0.5, 0.6) is 0 Å². The van der Waals surface area contributed by atoms with Gasteiger partial charge in [-0.2, -0.15) is 0 Å². The fourth-order valence-corrected chi connectivity index (χ4v) is 3.58. The average molecular weight is 351 g/mol. The van der Waals surface area contributed by atoms with E-state index in [0.717, 1.165) is 17.7 Å². The number of carbonyl (C=O) groups is 1. The minimum atomic E-state index is -0.529. The minimum absolute atomic E-state index is 0.0109. The van der Waals surface area contributed by atoms with Gasteiger partial charge in [0, 0.05) is 5.70 Å². The molecule has 1 amide bonds. The van der Waals surface area contributed by atoms with Crippen LogP contribution in [0.2, 0.25) is 0 Å². The molecule has 1 fully saturated rings. The zero-order valence-electron chi connectivity index (χ0n) is 16.2. The third-order valence-corrected chi connectivity index (χ3v) is 5.45. The van der Waals surface area contributed by atoms with Crippen molar-refractivity contribution < 1.29 is 4.79 Å². The lowest BCUT2D eigenvalue weighted by atomic mass is 9.88. The van der Waals surface area contributed by atoms with E-state index in [9.17, 15) is 4.79 Å². The summed E-state index contributed by atoms with van der Waals surface area (Å²) >= 11 is 0. The van der Waals surface area contributed by atoms with E-state index in [1.807, 2.05) is 13.8 Å². The zero-order valence-corrected chi connectivity index (χ0v) is 16.2. The van der Waals surface area contributed by atoms with Crippen LogP contribution >= 0.6 is 0 Å². The van der Waals surface area contributed by atoms with Crippen molar-refractivity contribution in [2.75, 3.05) is 0 Å². The maximum absolute atomic E-state index is 12.0. The standard InChI is InChI=1S/C23H30N2O/c1-4-5-6-7-8-11-17-14-15-18(20-13-10-9-12-19(17)20)16-21-23(2,3)22(26)25-24-21/h9-10,12-16,24H,4-8,11H2,1-3H3,(H,25,26)/b21-16-. The second-order valence-electron chi connectivity index (χ2n) is 7.79. The van der Waals surface area contributed by atoms with Crippen LogP contribution < -0.4 is 10.9 Å². The van der Waals surface area contributed by atoms with Crippen molar-refractivity contribution in [1.29, 1.82) is 0 Å². The van der Waals surface area contributed by atoms with Gasteiger partial charge < -0.3 is 5.43 Å². The Bertz CT molecular complexity index is 820. The summed E-state index contributed by atoms with van der Waals surface area (Å²) in [5, 5.41) is 2.58. The van der Waals surface area contributed by atoms with E-state index in [1.54, 1.807) is 0 Å². The van der Waals surface area contributed by atoms with Crippen LogP contribution in [0.4, 0.5) is 0 Å². The van der Waals surface area contributed by atoms with Crippen molar-refractivity contribution >= 4 is 22.8 Å². The van der Waals surface area contributed by atoms with Crippen LogP contribution in [0.3, 0.4) is 0 Å². The lowest BCUT2D eigenvalue weighted by Crippen LogP contribution is -2.28. The molecule has 0 radical (unpaired) electrons. The first kappa shape index (κ1) is 18.5. The predicted octanol–water partition coefficient (Wildman–Crippen LogP) is 5.35. The Morgan fingerprint density at radius 3 is 2.35 bits per heavy atom. The first-order valence-electron chi connectivity index (χ1n) is 9.83. The van der Waals surface area contributed by atoms with Gasteiger partial charge >= 0.3 is 0 Å². The van der Waals surface area contributed by atoms with Gasteiger partial charge in [0.1, 0.15) is 0 Å². The lowest BCUT2D eigenvalue weighted by Gasteiger charge is -2.15. The van der Waals surface area contributed by atoms with E-state index < -0.39 is 5.41 Å². The Balaban J connectivity index is 1.87. The van der Waals surface area contributed by atoms with Crippen molar-refractivity contribution in [2.45, 2.75) is 59.3 Å². The van der Waals surface area contributed by atoms with E-state index in [-0.39, 0.29) is 5.91 Å². The number of fused-ring (bicyclic) bond motifs is 1. The molecule has 1 heterocycles. The highest BCUT2D eigenvalue weighted by Gasteiger charge is 2.37. The van der Waals surface area contributed by atoms with Crippen LogP contribution in [-0.4, -0.2) is 5.91 Å². The van der Waals surface area contributed by atoms with Crippen molar-refractivity contribution in [3.8, 4) is 0 Å². The van der Waals surface area contributed by atoms with Gasteiger partial charge in [-0.25, -0.2) is 0 Å². The van der Waals surface area contributed by atoms with Crippen molar-refractivity contribution in [1.82, 2.24) is 10.9 Å². The third-order valence-electron chi connectivity index (χ3n) is 5.45. The van der Waals surface area contributed by atoms with Crippen molar-refractivity contribution in [2.24, 2.45) is 5.41 Å². The first-order valence-corrected chi connectivity index (χ1v) is 9.83. The number of benzene rings is 2. The molecule has 3 nitrogen and oxygen atoms in total. The molecule has 0 aliphatic carbocycles. The van der Waals surface area contributed by atoms with Gasteiger partial charge in [0.2, 0.25) is 5.91 Å². The van der Waals surface area contributed by atoms with Crippen molar-refractivity contribution in [3.05, 3.63) is 53.2 Å². The maximum atomic E-state index is 12.0. The van der Waals surface area contributed by atoms with Crippen LogP contribution in [0.15, 0.2) is 42.1 Å². The average Bonchev–Trinajstić information content (AvgIpc) is 2.89.